The summed E-state index contributed by atoms with van der Waals surface area (Å²) in [6.45, 7) is 3.18. The largest absolute Gasteiger partial charge is 0.330 e. The van der Waals surface area contributed by atoms with Crippen LogP contribution in [0.25, 0.3) is 0 Å². The summed E-state index contributed by atoms with van der Waals surface area (Å²) >= 11 is 0. The van der Waals surface area contributed by atoms with Crippen molar-refractivity contribution in [3.63, 3.8) is 0 Å². The second-order valence-corrected chi connectivity index (χ2v) is 5.59. The third kappa shape index (κ3) is 3.57. The van der Waals surface area contributed by atoms with E-state index in [1.807, 2.05) is 0 Å². The quantitative estimate of drug-likeness (QED) is 0.836. The molecule has 1 aliphatic carbocycles. The van der Waals surface area contributed by atoms with Crippen LogP contribution in [-0.2, 0) is 6.42 Å². The van der Waals surface area contributed by atoms with Crippen molar-refractivity contribution in [1.29, 1.82) is 0 Å². The molecule has 0 heterocycles. The van der Waals surface area contributed by atoms with E-state index in [4.69, 9.17) is 5.73 Å². The zero-order valence-corrected chi connectivity index (χ0v) is 11.0. The summed E-state index contributed by atoms with van der Waals surface area (Å²) in [7, 11) is 0. The molecule has 1 heteroatoms. The Kier molecular flexibility index (Phi) is 4.61. The van der Waals surface area contributed by atoms with Gasteiger partial charge in [-0.1, -0.05) is 44.0 Å². The first-order chi connectivity index (χ1) is 8.29. The summed E-state index contributed by atoms with van der Waals surface area (Å²) in [5, 5.41) is 0. The summed E-state index contributed by atoms with van der Waals surface area (Å²) in [5.74, 6) is 1.75. The highest BCUT2D eigenvalue weighted by Crippen LogP contribution is 2.35. The van der Waals surface area contributed by atoms with Gasteiger partial charge >= 0.3 is 0 Å². The van der Waals surface area contributed by atoms with Crippen LogP contribution in [-0.4, -0.2) is 6.54 Å². The highest BCUT2D eigenvalue weighted by Gasteiger charge is 2.19. The lowest BCUT2D eigenvalue weighted by atomic mass is 9.79. The van der Waals surface area contributed by atoms with Gasteiger partial charge in [0.25, 0.3) is 0 Å². The van der Waals surface area contributed by atoms with Crippen molar-refractivity contribution in [2.75, 3.05) is 6.54 Å². The van der Waals surface area contributed by atoms with Crippen molar-refractivity contribution in [3.05, 3.63) is 35.4 Å². The van der Waals surface area contributed by atoms with Crippen LogP contribution in [0.3, 0.4) is 0 Å². The molecule has 1 aromatic carbocycles. The topological polar surface area (TPSA) is 26.0 Å². The number of benzene rings is 1. The Morgan fingerprint density at radius 2 is 1.71 bits per heavy atom. The van der Waals surface area contributed by atoms with Crippen molar-refractivity contribution in [2.24, 2.45) is 11.7 Å². The van der Waals surface area contributed by atoms with Gasteiger partial charge in [-0.05, 0) is 55.2 Å². The van der Waals surface area contributed by atoms with E-state index in [1.54, 1.807) is 5.56 Å². The van der Waals surface area contributed by atoms with Gasteiger partial charge in [0.15, 0.2) is 0 Å². The number of hydrogen-bond acceptors (Lipinski definition) is 1. The molecule has 94 valence electrons. The van der Waals surface area contributed by atoms with Gasteiger partial charge in [-0.3, -0.25) is 0 Å². The predicted octanol–water partition coefficient (Wildman–Crippen LogP) is 3.87. The first kappa shape index (κ1) is 12.6. The number of rotatable bonds is 4. The van der Waals surface area contributed by atoms with Crippen LogP contribution in [0, 0.1) is 5.92 Å². The minimum Gasteiger partial charge on any atom is -0.330 e. The lowest BCUT2D eigenvalue weighted by molar-refractivity contribution is 0.348. The first-order valence-electron chi connectivity index (χ1n) is 7.08. The second-order valence-electron chi connectivity index (χ2n) is 5.59. The summed E-state index contributed by atoms with van der Waals surface area (Å²) in [6, 6.07) is 9.27. The maximum atomic E-state index is 5.54. The van der Waals surface area contributed by atoms with Crippen LogP contribution in [0.1, 0.15) is 56.1 Å². The summed E-state index contributed by atoms with van der Waals surface area (Å²) in [6.07, 6.45) is 7.78. The summed E-state index contributed by atoms with van der Waals surface area (Å²) in [5.41, 5.74) is 8.52. The fraction of sp³-hybridized carbons (Fsp3) is 0.625. The smallest absolute Gasteiger partial charge is 0.00741 e. The molecule has 1 aromatic rings. The minimum absolute atomic E-state index is 0.794. The molecular weight excluding hydrogens is 206 g/mol. The Morgan fingerprint density at radius 1 is 1.06 bits per heavy atom. The second kappa shape index (κ2) is 6.20. The Labute approximate surface area is 105 Å². The Hall–Kier alpha value is -0.820. The summed E-state index contributed by atoms with van der Waals surface area (Å²) < 4.78 is 0. The van der Waals surface area contributed by atoms with E-state index in [9.17, 15) is 0 Å². The Morgan fingerprint density at radius 3 is 2.29 bits per heavy atom. The molecule has 0 atom stereocenters. The highest BCUT2D eigenvalue weighted by molar-refractivity contribution is 5.25. The van der Waals surface area contributed by atoms with Crippen molar-refractivity contribution in [3.8, 4) is 0 Å². The van der Waals surface area contributed by atoms with Gasteiger partial charge in [0.2, 0.25) is 0 Å². The molecule has 0 amide bonds. The molecule has 17 heavy (non-hydrogen) atoms. The van der Waals surface area contributed by atoms with Gasteiger partial charge in [-0.25, -0.2) is 0 Å². The molecule has 0 radical (unpaired) electrons. The molecule has 2 rings (SSSR count). The van der Waals surface area contributed by atoms with Crippen LogP contribution in [0.5, 0.6) is 0 Å². The van der Waals surface area contributed by atoms with Crippen LogP contribution in [0.2, 0.25) is 0 Å². The predicted molar refractivity (Wildman–Crippen MR) is 74.2 cm³/mol. The van der Waals surface area contributed by atoms with E-state index in [2.05, 4.69) is 31.2 Å². The molecule has 2 N–H and O–H groups in total. The first-order valence-corrected chi connectivity index (χ1v) is 7.08. The van der Waals surface area contributed by atoms with E-state index >= 15 is 0 Å². The van der Waals surface area contributed by atoms with Crippen LogP contribution in [0.4, 0.5) is 0 Å². The third-order valence-corrected chi connectivity index (χ3v) is 4.14. The van der Waals surface area contributed by atoms with E-state index in [1.165, 1.54) is 31.2 Å². The molecule has 0 saturated heterocycles. The number of aryl methyl sites for hydroxylation is 1. The monoisotopic (exact) mass is 231 g/mol. The van der Waals surface area contributed by atoms with Crippen LogP contribution < -0.4 is 5.73 Å². The molecule has 0 unspecified atom stereocenters. The molecule has 1 fully saturated rings. The van der Waals surface area contributed by atoms with Crippen molar-refractivity contribution >= 4 is 0 Å². The van der Waals surface area contributed by atoms with E-state index in [0.29, 0.717) is 0 Å². The maximum absolute atomic E-state index is 5.54. The number of hydrogen-bond donors (Lipinski definition) is 1. The molecule has 1 nitrogen and oxygen atoms in total. The van der Waals surface area contributed by atoms with Gasteiger partial charge in [-0.15, -0.1) is 0 Å². The van der Waals surface area contributed by atoms with Gasteiger partial charge in [0, 0.05) is 0 Å². The van der Waals surface area contributed by atoms with E-state index < -0.39 is 0 Å². The SMILES string of the molecule is CC1CCC(c2ccc(CCCN)cc2)CC1. The zero-order valence-electron chi connectivity index (χ0n) is 11.0. The maximum Gasteiger partial charge on any atom is -0.00741 e. The van der Waals surface area contributed by atoms with Crippen molar-refractivity contribution < 1.29 is 0 Å². The summed E-state index contributed by atoms with van der Waals surface area (Å²) in [4.78, 5) is 0. The van der Waals surface area contributed by atoms with Gasteiger partial charge in [0.1, 0.15) is 0 Å². The normalized spacial score (nSPS) is 24.8. The fourth-order valence-electron chi connectivity index (χ4n) is 2.86. The van der Waals surface area contributed by atoms with E-state index in [0.717, 1.165) is 31.2 Å². The Balaban J connectivity index is 1.93. The molecule has 0 aliphatic heterocycles. The van der Waals surface area contributed by atoms with Gasteiger partial charge in [0.05, 0.1) is 0 Å². The van der Waals surface area contributed by atoms with Crippen molar-refractivity contribution in [2.45, 2.75) is 51.4 Å². The van der Waals surface area contributed by atoms with Gasteiger partial charge in [-0.2, -0.15) is 0 Å². The Bertz CT molecular complexity index is 320. The lowest BCUT2D eigenvalue weighted by Crippen LogP contribution is -2.10. The average molecular weight is 231 g/mol. The fourth-order valence-corrected chi connectivity index (χ4v) is 2.86. The average Bonchev–Trinajstić information content (AvgIpc) is 2.38. The standard InChI is InChI=1S/C16H25N/c1-13-4-8-15(9-5-13)16-10-6-14(7-11-16)3-2-12-17/h6-7,10-11,13,15H,2-5,8-9,12,17H2,1H3. The van der Waals surface area contributed by atoms with Crippen molar-refractivity contribution in [1.82, 2.24) is 0 Å². The molecular formula is C16H25N. The number of nitrogens with two attached hydrogens (primary N) is 1. The molecule has 0 spiro atoms. The van der Waals surface area contributed by atoms with Crippen LogP contribution in [0.15, 0.2) is 24.3 Å². The van der Waals surface area contributed by atoms with Crippen LogP contribution >= 0.6 is 0 Å². The molecule has 0 bridgehead atoms. The lowest BCUT2D eigenvalue weighted by Gasteiger charge is -2.26. The molecule has 0 aromatic heterocycles. The molecule has 1 aliphatic rings. The van der Waals surface area contributed by atoms with Gasteiger partial charge < -0.3 is 5.73 Å². The third-order valence-electron chi connectivity index (χ3n) is 4.14. The molecule has 1 saturated carbocycles. The zero-order chi connectivity index (χ0) is 12.1. The highest BCUT2D eigenvalue weighted by atomic mass is 14.5. The van der Waals surface area contributed by atoms with E-state index in [-0.39, 0.29) is 0 Å². The minimum atomic E-state index is 0.794.